The van der Waals surface area contributed by atoms with Crippen molar-refractivity contribution in [2.24, 2.45) is 0 Å². The molecular formula is C16H24FNO2. The van der Waals surface area contributed by atoms with Gasteiger partial charge in [-0.25, -0.2) is 9.18 Å². The van der Waals surface area contributed by atoms with E-state index in [1.165, 1.54) is 51.3 Å². The first-order chi connectivity index (χ1) is 9.69. The molecule has 0 spiro atoms. The number of nitrogens with one attached hydrogen (secondary N) is 1. The Balaban J connectivity index is 2.41. The zero-order chi connectivity index (χ0) is 14.8. The minimum Gasteiger partial charge on any atom is -0.465 e. The van der Waals surface area contributed by atoms with E-state index in [0.29, 0.717) is 5.69 Å². The van der Waals surface area contributed by atoms with Crippen molar-refractivity contribution in [3.05, 3.63) is 29.6 Å². The summed E-state index contributed by atoms with van der Waals surface area (Å²) in [7, 11) is 1.30. The first-order valence-corrected chi connectivity index (χ1v) is 7.30. The molecule has 0 aliphatic heterocycles. The summed E-state index contributed by atoms with van der Waals surface area (Å²) in [5, 5.41) is 3.18. The Kier molecular flexibility index (Phi) is 7.70. The quantitative estimate of drug-likeness (QED) is 0.539. The maximum Gasteiger partial charge on any atom is 0.340 e. The summed E-state index contributed by atoms with van der Waals surface area (Å²) >= 11 is 0. The first-order valence-electron chi connectivity index (χ1n) is 7.30. The van der Waals surface area contributed by atoms with Gasteiger partial charge in [0.2, 0.25) is 0 Å². The molecule has 1 rings (SSSR count). The largest absolute Gasteiger partial charge is 0.465 e. The van der Waals surface area contributed by atoms with Crippen LogP contribution < -0.4 is 5.32 Å². The number of esters is 1. The molecule has 0 aromatic heterocycles. The van der Waals surface area contributed by atoms with Gasteiger partial charge in [-0.05, 0) is 24.6 Å². The van der Waals surface area contributed by atoms with Gasteiger partial charge in [-0.3, -0.25) is 0 Å². The molecule has 0 atom stereocenters. The molecule has 112 valence electrons. The van der Waals surface area contributed by atoms with Gasteiger partial charge in [0.1, 0.15) is 5.82 Å². The number of hydrogen-bond donors (Lipinski definition) is 1. The standard InChI is InChI=1S/C16H24FNO2/c1-3-4-5-6-7-8-11-18-15-10-9-13(17)12-14(15)16(19)20-2/h9-10,12,18H,3-8,11H2,1-2H3. The Morgan fingerprint density at radius 1 is 1.20 bits per heavy atom. The molecule has 0 fully saturated rings. The molecule has 0 bridgehead atoms. The van der Waals surface area contributed by atoms with Gasteiger partial charge < -0.3 is 10.1 Å². The van der Waals surface area contributed by atoms with Crippen molar-refractivity contribution in [1.82, 2.24) is 0 Å². The normalized spacial score (nSPS) is 10.3. The zero-order valence-corrected chi connectivity index (χ0v) is 12.4. The fraction of sp³-hybridized carbons (Fsp3) is 0.562. The number of rotatable bonds is 9. The van der Waals surface area contributed by atoms with Crippen molar-refractivity contribution in [1.29, 1.82) is 0 Å². The maximum atomic E-state index is 13.2. The van der Waals surface area contributed by atoms with E-state index in [9.17, 15) is 9.18 Å². The number of hydrogen-bond acceptors (Lipinski definition) is 3. The molecule has 0 saturated carbocycles. The highest BCUT2D eigenvalue weighted by molar-refractivity contribution is 5.95. The SMILES string of the molecule is CCCCCCCCNc1ccc(F)cc1C(=O)OC. The zero-order valence-electron chi connectivity index (χ0n) is 12.4. The van der Waals surface area contributed by atoms with Crippen molar-refractivity contribution < 1.29 is 13.9 Å². The van der Waals surface area contributed by atoms with E-state index in [-0.39, 0.29) is 5.56 Å². The van der Waals surface area contributed by atoms with Crippen LogP contribution in [0.25, 0.3) is 0 Å². The van der Waals surface area contributed by atoms with E-state index in [0.717, 1.165) is 13.0 Å². The molecule has 4 heteroatoms. The molecule has 1 aromatic carbocycles. The number of unbranched alkanes of at least 4 members (excludes halogenated alkanes) is 5. The van der Waals surface area contributed by atoms with Crippen LogP contribution >= 0.6 is 0 Å². The highest BCUT2D eigenvalue weighted by atomic mass is 19.1. The second-order valence-corrected chi connectivity index (χ2v) is 4.88. The van der Waals surface area contributed by atoms with Crippen LogP contribution in [0, 0.1) is 5.82 Å². The Labute approximate surface area is 120 Å². The molecule has 1 aromatic rings. The minimum atomic E-state index is -0.519. The van der Waals surface area contributed by atoms with Gasteiger partial charge in [-0.1, -0.05) is 39.0 Å². The smallest absolute Gasteiger partial charge is 0.340 e. The molecule has 0 unspecified atom stereocenters. The van der Waals surface area contributed by atoms with E-state index in [2.05, 4.69) is 17.0 Å². The lowest BCUT2D eigenvalue weighted by Gasteiger charge is -2.10. The minimum absolute atomic E-state index is 0.249. The van der Waals surface area contributed by atoms with Crippen LogP contribution in [0.15, 0.2) is 18.2 Å². The summed E-state index contributed by atoms with van der Waals surface area (Å²) in [4.78, 5) is 11.6. The number of ether oxygens (including phenoxy) is 1. The summed E-state index contributed by atoms with van der Waals surface area (Å²) in [5.41, 5.74) is 0.880. The van der Waals surface area contributed by atoms with Crippen molar-refractivity contribution in [3.8, 4) is 0 Å². The lowest BCUT2D eigenvalue weighted by Crippen LogP contribution is -2.09. The molecule has 0 heterocycles. The number of halogens is 1. The summed E-state index contributed by atoms with van der Waals surface area (Å²) in [6.45, 7) is 2.98. The van der Waals surface area contributed by atoms with Crippen molar-refractivity contribution in [2.45, 2.75) is 45.4 Å². The van der Waals surface area contributed by atoms with Crippen LogP contribution in [0.1, 0.15) is 55.8 Å². The van der Waals surface area contributed by atoms with Gasteiger partial charge in [-0.2, -0.15) is 0 Å². The molecule has 0 aliphatic carbocycles. The fourth-order valence-corrected chi connectivity index (χ4v) is 2.08. The topological polar surface area (TPSA) is 38.3 Å². The van der Waals surface area contributed by atoms with Crippen LogP contribution in [0.3, 0.4) is 0 Å². The van der Waals surface area contributed by atoms with Gasteiger partial charge in [0, 0.05) is 12.2 Å². The lowest BCUT2D eigenvalue weighted by atomic mass is 10.1. The lowest BCUT2D eigenvalue weighted by molar-refractivity contribution is 0.0601. The number of carbonyl (C=O) groups excluding carboxylic acids is 1. The highest BCUT2D eigenvalue weighted by Crippen LogP contribution is 2.18. The van der Waals surface area contributed by atoms with Crippen molar-refractivity contribution in [2.75, 3.05) is 19.0 Å². The van der Waals surface area contributed by atoms with Gasteiger partial charge in [0.25, 0.3) is 0 Å². The number of anilines is 1. The summed E-state index contributed by atoms with van der Waals surface area (Å²) in [5.74, 6) is -0.953. The fourth-order valence-electron chi connectivity index (χ4n) is 2.08. The second kappa shape index (κ2) is 9.34. The predicted octanol–water partition coefficient (Wildman–Crippen LogP) is 4.38. The molecule has 0 saturated heterocycles. The summed E-state index contributed by atoms with van der Waals surface area (Å²) < 4.78 is 17.8. The Morgan fingerprint density at radius 3 is 2.60 bits per heavy atom. The van der Waals surface area contributed by atoms with Gasteiger partial charge in [0.15, 0.2) is 0 Å². The first kappa shape index (κ1) is 16.5. The van der Waals surface area contributed by atoms with Gasteiger partial charge in [0.05, 0.1) is 12.7 Å². The average molecular weight is 281 g/mol. The molecule has 3 nitrogen and oxygen atoms in total. The van der Waals surface area contributed by atoms with Gasteiger partial charge in [-0.15, -0.1) is 0 Å². The van der Waals surface area contributed by atoms with Crippen LogP contribution in [0.2, 0.25) is 0 Å². The van der Waals surface area contributed by atoms with E-state index >= 15 is 0 Å². The van der Waals surface area contributed by atoms with E-state index in [1.807, 2.05) is 0 Å². The molecule has 0 amide bonds. The van der Waals surface area contributed by atoms with E-state index in [4.69, 9.17) is 0 Å². The number of benzene rings is 1. The van der Waals surface area contributed by atoms with E-state index < -0.39 is 11.8 Å². The Morgan fingerprint density at radius 2 is 1.90 bits per heavy atom. The Bertz CT molecular complexity index is 421. The monoisotopic (exact) mass is 281 g/mol. The number of carbonyl (C=O) groups is 1. The number of methoxy groups -OCH3 is 1. The van der Waals surface area contributed by atoms with Crippen molar-refractivity contribution in [3.63, 3.8) is 0 Å². The van der Waals surface area contributed by atoms with Crippen LogP contribution in [-0.2, 0) is 4.74 Å². The third kappa shape index (κ3) is 5.59. The van der Waals surface area contributed by atoms with Crippen LogP contribution in [0.4, 0.5) is 10.1 Å². The highest BCUT2D eigenvalue weighted by Gasteiger charge is 2.12. The second-order valence-electron chi connectivity index (χ2n) is 4.88. The third-order valence-electron chi connectivity index (χ3n) is 3.23. The molecule has 1 N–H and O–H groups in total. The molecule has 0 aliphatic rings. The van der Waals surface area contributed by atoms with Crippen molar-refractivity contribution >= 4 is 11.7 Å². The predicted molar refractivity (Wildman–Crippen MR) is 79.6 cm³/mol. The average Bonchev–Trinajstić information content (AvgIpc) is 2.46. The summed E-state index contributed by atoms with van der Waals surface area (Å²) in [6.07, 6.45) is 7.26. The van der Waals surface area contributed by atoms with Crippen LogP contribution in [-0.4, -0.2) is 19.6 Å². The Hall–Kier alpha value is -1.58. The third-order valence-corrected chi connectivity index (χ3v) is 3.23. The summed E-state index contributed by atoms with van der Waals surface area (Å²) in [6, 6.07) is 4.13. The van der Waals surface area contributed by atoms with E-state index in [1.54, 1.807) is 6.07 Å². The van der Waals surface area contributed by atoms with Crippen LogP contribution in [0.5, 0.6) is 0 Å². The van der Waals surface area contributed by atoms with Gasteiger partial charge >= 0.3 is 5.97 Å². The molecule has 20 heavy (non-hydrogen) atoms. The molecular weight excluding hydrogens is 257 g/mol. The maximum absolute atomic E-state index is 13.2. The molecule has 0 radical (unpaired) electrons.